The number of amidine groups is 2. The molecule has 25 heavy (non-hydrogen) atoms. The van der Waals surface area contributed by atoms with E-state index in [1.54, 1.807) is 48.5 Å². The molecule has 0 saturated carbocycles. The van der Waals surface area contributed by atoms with E-state index in [1.807, 2.05) is 23.1 Å². The van der Waals surface area contributed by atoms with Crippen LogP contribution < -0.4 is 11.0 Å². The molecule has 0 unspecified atom stereocenters. The van der Waals surface area contributed by atoms with Crippen LogP contribution in [0.1, 0.15) is 11.1 Å². The standard InChI is InChI=1S/C18H16N4O3/c19-17(21-23)13-5-1-11(2-6-13)15-9-10-16(25-15)12-3-7-14(8-4-12)18(20)22-24/h1-10,23-24H,(H2,19,21)(H2,20,22). The van der Waals surface area contributed by atoms with Gasteiger partial charge in [0.15, 0.2) is 0 Å². The Balaban J connectivity index is 1.82. The van der Waals surface area contributed by atoms with Gasteiger partial charge in [0.05, 0.1) is 0 Å². The van der Waals surface area contributed by atoms with Gasteiger partial charge in [0.2, 0.25) is 0 Å². The average Bonchev–Trinajstić information content (AvgIpc) is 3.17. The third-order valence-electron chi connectivity index (χ3n) is 3.75. The summed E-state index contributed by atoms with van der Waals surface area (Å²) < 4.78 is 5.87. The van der Waals surface area contributed by atoms with Crippen molar-refractivity contribution in [1.29, 1.82) is 10.8 Å². The first-order valence-electron chi connectivity index (χ1n) is 7.41. The number of furan rings is 1. The van der Waals surface area contributed by atoms with Gasteiger partial charge >= 0.3 is 0 Å². The Morgan fingerprint density at radius 2 is 1.00 bits per heavy atom. The molecule has 126 valence electrons. The molecule has 0 amide bonds. The zero-order valence-corrected chi connectivity index (χ0v) is 13.1. The van der Waals surface area contributed by atoms with Gasteiger partial charge in [0, 0.05) is 22.3 Å². The Hall–Kier alpha value is -3.42. The molecule has 3 rings (SSSR count). The van der Waals surface area contributed by atoms with Crippen LogP contribution >= 0.6 is 0 Å². The lowest BCUT2D eigenvalue weighted by molar-refractivity contribution is 0.234. The van der Waals surface area contributed by atoms with Crippen molar-refractivity contribution >= 4 is 11.7 Å². The van der Waals surface area contributed by atoms with Crippen LogP contribution in [0.25, 0.3) is 22.6 Å². The van der Waals surface area contributed by atoms with E-state index in [4.69, 9.17) is 25.7 Å². The lowest BCUT2D eigenvalue weighted by atomic mass is 10.1. The molecular formula is C18H16N4O3. The highest BCUT2D eigenvalue weighted by Gasteiger charge is 2.08. The molecule has 1 heterocycles. The summed E-state index contributed by atoms with van der Waals surface area (Å²) in [6.45, 7) is 0. The fourth-order valence-corrected chi connectivity index (χ4v) is 2.38. The summed E-state index contributed by atoms with van der Waals surface area (Å²) in [6, 6.07) is 17.8. The number of rotatable bonds is 4. The molecule has 7 heteroatoms. The van der Waals surface area contributed by atoms with Crippen molar-refractivity contribution in [2.45, 2.75) is 0 Å². The first-order chi connectivity index (χ1) is 12.1. The molecule has 7 nitrogen and oxygen atoms in total. The van der Waals surface area contributed by atoms with Crippen LogP contribution in [0.15, 0.2) is 65.1 Å². The van der Waals surface area contributed by atoms with Crippen molar-refractivity contribution in [1.82, 2.24) is 11.0 Å². The van der Waals surface area contributed by atoms with Crippen molar-refractivity contribution in [2.75, 3.05) is 0 Å². The first kappa shape index (κ1) is 16.4. The molecule has 0 aliphatic rings. The van der Waals surface area contributed by atoms with Gasteiger partial charge in [-0.05, 0) is 12.1 Å². The maximum absolute atomic E-state index is 8.75. The van der Waals surface area contributed by atoms with Gasteiger partial charge in [0.25, 0.3) is 0 Å². The molecule has 0 saturated heterocycles. The summed E-state index contributed by atoms with van der Waals surface area (Å²) in [6.07, 6.45) is 0. The van der Waals surface area contributed by atoms with E-state index in [1.165, 1.54) is 0 Å². The van der Waals surface area contributed by atoms with Crippen LogP contribution in [0.3, 0.4) is 0 Å². The summed E-state index contributed by atoms with van der Waals surface area (Å²) >= 11 is 0. The third kappa shape index (κ3) is 3.42. The highest BCUT2D eigenvalue weighted by Crippen LogP contribution is 2.28. The zero-order chi connectivity index (χ0) is 17.8. The van der Waals surface area contributed by atoms with Crippen LogP contribution in [-0.2, 0) is 0 Å². The van der Waals surface area contributed by atoms with Gasteiger partial charge in [-0.2, -0.15) is 0 Å². The summed E-state index contributed by atoms with van der Waals surface area (Å²) in [5, 5.41) is 32.5. The molecule has 0 atom stereocenters. The molecule has 0 fully saturated rings. The molecule has 3 aromatic rings. The van der Waals surface area contributed by atoms with E-state index < -0.39 is 0 Å². The van der Waals surface area contributed by atoms with E-state index in [0.717, 1.165) is 11.1 Å². The third-order valence-corrected chi connectivity index (χ3v) is 3.75. The van der Waals surface area contributed by atoms with Crippen molar-refractivity contribution in [2.24, 2.45) is 0 Å². The average molecular weight is 336 g/mol. The SMILES string of the molecule is N=C(NO)c1ccc(-c2ccc(-c3ccc(C(=N)NO)cc3)o2)cc1. The van der Waals surface area contributed by atoms with Gasteiger partial charge in [-0.3, -0.25) is 32.2 Å². The minimum atomic E-state index is -0.0743. The van der Waals surface area contributed by atoms with Gasteiger partial charge in [0.1, 0.15) is 23.2 Å². The van der Waals surface area contributed by atoms with Gasteiger partial charge in [-0.25, -0.2) is 0 Å². The topological polar surface area (TPSA) is 125 Å². The second kappa shape index (κ2) is 7.00. The predicted molar refractivity (Wildman–Crippen MR) is 93.1 cm³/mol. The molecule has 0 radical (unpaired) electrons. The lowest BCUT2D eigenvalue weighted by Crippen LogP contribution is -2.18. The van der Waals surface area contributed by atoms with Crippen molar-refractivity contribution in [3.63, 3.8) is 0 Å². The lowest BCUT2D eigenvalue weighted by Gasteiger charge is -2.04. The summed E-state index contributed by atoms with van der Waals surface area (Å²) in [5.74, 6) is 1.21. The Morgan fingerprint density at radius 1 is 0.640 bits per heavy atom. The van der Waals surface area contributed by atoms with Crippen molar-refractivity contribution in [3.05, 3.63) is 71.8 Å². The van der Waals surface area contributed by atoms with Crippen molar-refractivity contribution in [3.8, 4) is 22.6 Å². The maximum Gasteiger partial charge on any atom is 0.149 e. The highest BCUT2D eigenvalue weighted by molar-refractivity contribution is 5.96. The molecule has 6 N–H and O–H groups in total. The Morgan fingerprint density at radius 3 is 1.32 bits per heavy atom. The number of hydroxylamine groups is 2. The highest BCUT2D eigenvalue weighted by atomic mass is 16.5. The summed E-state index contributed by atoms with van der Waals surface area (Å²) in [4.78, 5) is 0. The minimum absolute atomic E-state index is 0.0743. The number of hydrogen-bond donors (Lipinski definition) is 6. The van der Waals surface area contributed by atoms with Gasteiger partial charge in [-0.15, -0.1) is 0 Å². The number of nitrogens with one attached hydrogen (secondary N) is 4. The van der Waals surface area contributed by atoms with Crippen LogP contribution in [0, 0.1) is 10.8 Å². The monoisotopic (exact) mass is 336 g/mol. The Bertz CT molecular complexity index is 825. The second-order valence-electron chi connectivity index (χ2n) is 5.29. The van der Waals surface area contributed by atoms with E-state index in [2.05, 4.69) is 0 Å². The van der Waals surface area contributed by atoms with E-state index >= 15 is 0 Å². The van der Waals surface area contributed by atoms with Crippen LogP contribution in [0.5, 0.6) is 0 Å². The smallest absolute Gasteiger partial charge is 0.149 e. The predicted octanol–water partition coefficient (Wildman–Crippen LogP) is 3.22. The molecule has 0 spiro atoms. The molecule has 0 aliphatic carbocycles. The minimum Gasteiger partial charge on any atom is -0.456 e. The van der Waals surface area contributed by atoms with Crippen LogP contribution in [-0.4, -0.2) is 22.1 Å². The first-order valence-corrected chi connectivity index (χ1v) is 7.41. The molecular weight excluding hydrogens is 320 g/mol. The fourth-order valence-electron chi connectivity index (χ4n) is 2.38. The number of hydrogen-bond acceptors (Lipinski definition) is 5. The Labute approximate surface area is 143 Å². The Kier molecular flexibility index (Phi) is 4.60. The van der Waals surface area contributed by atoms with E-state index in [0.29, 0.717) is 22.6 Å². The second-order valence-corrected chi connectivity index (χ2v) is 5.29. The zero-order valence-electron chi connectivity index (χ0n) is 13.1. The molecule has 0 bridgehead atoms. The molecule has 0 aliphatic heterocycles. The summed E-state index contributed by atoms with van der Waals surface area (Å²) in [5.41, 5.74) is 6.44. The van der Waals surface area contributed by atoms with Gasteiger partial charge < -0.3 is 4.42 Å². The van der Waals surface area contributed by atoms with Crippen molar-refractivity contribution < 1.29 is 14.8 Å². The van der Waals surface area contributed by atoms with E-state index in [-0.39, 0.29) is 11.7 Å². The summed E-state index contributed by atoms with van der Waals surface area (Å²) in [7, 11) is 0. The van der Waals surface area contributed by atoms with E-state index in [9.17, 15) is 0 Å². The van der Waals surface area contributed by atoms with Crippen LogP contribution in [0.2, 0.25) is 0 Å². The molecule has 2 aromatic carbocycles. The van der Waals surface area contributed by atoms with Crippen LogP contribution in [0.4, 0.5) is 0 Å². The normalized spacial score (nSPS) is 10.3. The van der Waals surface area contributed by atoms with Gasteiger partial charge in [-0.1, -0.05) is 48.5 Å². The molecule has 1 aromatic heterocycles. The number of benzene rings is 2. The largest absolute Gasteiger partial charge is 0.456 e. The quantitative estimate of drug-likeness (QED) is 0.248. The maximum atomic E-state index is 8.75. The fraction of sp³-hybridized carbons (Fsp3) is 0.